The minimum Gasteiger partial charge on any atom is -0.387 e. The first-order valence-electron chi connectivity index (χ1n) is 6.36. The van der Waals surface area contributed by atoms with E-state index in [0.29, 0.717) is 5.56 Å². The van der Waals surface area contributed by atoms with Crippen LogP contribution in [0.1, 0.15) is 35.9 Å². The second-order valence-electron chi connectivity index (χ2n) is 5.23. The molecule has 0 heterocycles. The Labute approximate surface area is 113 Å². The summed E-state index contributed by atoms with van der Waals surface area (Å²) in [6.45, 7) is 3.56. The Balaban J connectivity index is 2.30. The number of aliphatic hydroxyl groups is 1. The van der Waals surface area contributed by atoms with Crippen LogP contribution in [0, 0.1) is 5.41 Å². The summed E-state index contributed by atoms with van der Waals surface area (Å²) in [5.41, 5.74) is 0.530. The van der Waals surface area contributed by atoms with E-state index in [1.807, 2.05) is 48.5 Å². The quantitative estimate of drug-likeness (QED) is 0.846. The highest BCUT2D eigenvalue weighted by Gasteiger charge is 2.36. The predicted octanol–water partition coefficient (Wildman–Crippen LogP) is 3.63. The highest BCUT2D eigenvalue weighted by atomic mass is 16.3. The molecule has 0 radical (unpaired) electrons. The minimum absolute atomic E-state index is 0.0514. The molecule has 1 atom stereocenters. The Morgan fingerprint density at radius 2 is 1.42 bits per heavy atom. The zero-order valence-electron chi connectivity index (χ0n) is 11.2. The molecule has 1 N–H and O–H groups in total. The molecule has 2 heteroatoms. The third-order valence-corrected chi connectivity index (χ3v) is 3.42. The Morgan fingerprint density at radius 1 is 0.947 bits per heavy atom. The van der Waals surface area contributed by atoms with E-state index in [0.717, 1.165) is 5.56 Å². The van der Waals surface area contributed by atoms with Crippen LogP contribution in [0.4, 0.5) is 0 Å². The van der Waals surface area contributed by atoms with E-state index >= 15 is 0 Å². The van der Waals surface area contributed by atoms with Gasteiger partial charge < -0.3 is 5.11 Å². The highest BCUT2D eigenvalue weighted by molar-refractivity contribution is 6.00. The molecule has 1 unspecified atom stereocenters. The first-order valence-corrected chi connectivity index (χ1v) is 6.36. The molecule has 2 rings (SSSR count). The SMILES string of the molecule is CC(C)(C(=O)c1ccccc1)C(O)c1ccccc1. The Kier molecular flexibility index (Phi) is 3.82. The number of hydrogen-bond donors (Lipinski definition) is 1. The lowest BCUT2D eigenvalue weighted by atomic mass is 9.76. The molecule has 19 heavy (non-hydrogen) atoms. The van der Waals surface area contributed by atoms with E-state index in [1.165, 1.54) is 0 Å². The van der Waals surface area contributed by atoms with E-state index in [4.69, 9.17) is 0 Å². The van der Waals surface area contributed by atoms with Gasteiger partial charge in [0.25, 0.3) is 0 Å². The molecule has 2 aromatic carbocycles. The fourth-order valence-corrected chi connectivity index (χ4v) is 2.14. The van der Waals surface area contributed by atoms with E-state index in [2.05, 4.69) is 0 Å². The van der Waals surface area contributed by atoms with Crippen molar-refractivity contribution in [3.8, 4) is 0 Å². The van der Waals surface area contributed by atoms with Gasteiger partial charge in [0.05, 0.1) is 11.5 Å². The van der Waals surface area contributed by atoms with Gasteiger partial charge in [-0.15, -0.1) is 0 Å². The molecule has 0 aliphatic heterocycles. The van der Waals surface area contributed by atoms with Crippen molar-refractivity contribution in [3.05, 3.63) is 71.8 Å². The zero-order valence-corrected chi connectivity index (χ0v) is 11.2. The number of ketones is 1. The topological polar surface area (TPSA) is 37.3 Å². The normalized spacial score (nSPS) is 13.0. The number of carbonyl (C=O) groups excluding carboxylic acids is 1. The van der Waals surface area contributed by atoms with Gasteiger partial charge in [-0.2, -0.15) is 0 Å². The molecule has 0 saturated heterocycles. The molecule has 0 saturated carbocycles. The van der Waals surface area contributed by atoms with E-state index in [1.54, 1.807) is 26.0 Å². The lowest BCUT2D eigenvalue weighted by molar-refractivity contribution is 0.0388. The fourth-order valence-electron chi connectivity index (χ4n) is 2.14. The number of rotatable bonds is 4. The Bertz CT molecular complexity index is 544. The number of aliphatic hydroxyl groups excluding tert-OH is 1. The van der Waals surface area contributed by atoms with Crippen molar-refractivity contribution in [1.29, 1.82) is 0 Å². The standard InChI is InChI=1S/C17H18O2/c1-17(2,15(18)13-9-5-3-6-10-13)16(19)14-11-7-4-8-12-14/h3-12,15,18H,1-2H3. The highest BCUT2D eigenvalue weighted by Crippen LogP contribution is 2.36. The molecule has 0 aliphatic carbocycles. The summed E-state index contributed by atoms with van der Waals surface area (Å²) in [6, 6.07) is 18.4. The van der Waals surface area contributed by atoms with Crippen molar-refractivity contribution >= 4 is 5.78 Å². The summed E-state index contributed by atoms with van der Waals surface area (Å²) in [5, 5.41) is 10.5. The van der Waals surface area contributed by atoms with Gasteiger partial charge >= 0.3 is 0 Å². The molecule has 0 bridgehead atoms. The van der Waals surface area contributed by atoms with Gasteiger partial charge in [-0.3, -0.25) is 4.79 Å². The maximum absolute atomic E-state index is 12.5. The number of carbonyl (C=O) groups is 1. The van der Waals surface area contributed by atoms with Gasteiger partial charge in [0.1, 0.15) is 0 Å². The van der Waals surface area contributed by atoms with Crippen LogP contribution >= 0.6 is 0 Å². The minimum atomic E-state index is -0.858. The summed E-state index contributed by atoms with van der Waals surface area (Å²) >= 11 is 0. The molecular weight excluding hydrogens is 236 g/mol. The van der Waals surface area contributed by atoms with Crippen molar-refractivity contribution in [2.45, 2.75) is 20.0 Å². The molecule has 2 nitrogen and oxygen atoms in total. The monoisotopic (exact) mass is 254 g/mol. The van der Waals surface area contributed by atoms with Gasteiger partial charge in [0.2, 0.25) is 0 Å². The third-order valence-electron chi connectivity index (χ3n) is 3.42. The average Bonchev–Trinajstić information content (AvgIpc) is 2.47. The van der Waals surface area contributed by atoms with Crippen LogP contribution < -0.4 is 0 Å². The van der Waals surface area contributed by atoms with Crippen molar-refractivity contribution in [1.82, 2.24) is 0 Å². The number of Topliss-reactive ketones (excluding diaryl/α,β-unsaturated/α-hetero) is 1. The summed E-state index contributed by atoms with van der Waals surface area (Å²) < 4.78 is 0. The van der Waals surface area contributed by atoms with Crippen molar-refractivity contribution in [2.24, 2.45) is 5.41 Å². The molecule has 0 aromatic heterocycles. The van der Waals surface area contributed by atoms with Gasteiger partial charge in [0.15, 0.2) is 5.78 Å². The van der Waals surface area contributed by atoms with Crippen LogP contribution in [0.2, 0.25) is 0 Å². The van der Waals surface area contributed by atoms with Gasteiger partial charge in [-0.25, -0.2) is 0 Å². The fraction of sp³-hybridized carbons (Fsp3) is 0.235. The largest absolute Gasteiger partial charge is 0.387 e. The maximum Gasteiger partial charge on any atom is 0.171 e. The van der Waals surface area contributed by atoms with E-state index < -0.39 is 11.5 Å². The second kappa shape index (κ2) is 5.37. The Hall–Kier alpha value is -1.93. The van der Waals surface area contributed by atoms with E-state index in [-0.39, 0.29) is 5.78 Å². The van der Waals surface area contributed by atoms with E-state index in [9.17, 15) is 9.90 Å². The number of hydrogen-bond acceptors (Lipinski definition) is 2. The van der Waals surface area contributed by atoms with Crippen LogP contribution in [-0.4, -0.2) is 10.9 Å². The lowest BCUT2D eigenvalue weighted by Gasteiger charge is -2.29. The van der Waals surface area contributed by atoms with Gasteiger partial charge in [0, 0.05) is 5.56 Å². The first kappa shape index (κ1) is 13.5. The molecule has 0 spiro atoms. The second-order valence-corrected chi connectivity index (χ2v) is 5.23. The predicted molar refractivity (Wildman–Crippen MR) is 76.0 cm³/mol. The number of benzene rings is 2. The summed E-state index contributed by atoms with van der Waals surface area (Å²) in [5.74, 6) is -0.0514. The summed E-state index contributed by atoms with van der Waals surface area (Å²) in [4.78, 5) is 12.5. The molecule has 0 aliphatic rings. The van der Waals surface area contributed by atoms with Gasteiger partial charge in [-0.05, 0) is 19.4 Å². The van der Waals surface area contributed by atoms with Crippen molar-refractivity contribution < 1.29 is 9.90 Å². The van der Waals surface area contributed by atoms with Crippen LogP contribution in [0.3, 0.4) is 0 Å². The molecule has 2 aromatic rings. The van der Waals surface area contributed by atoms with Crippen LogP contribution in [-0.2, 0) is 0 Å². The third kappa shape index (κ3) is 2.74. The maximum atomic E-state index is 12.5. The van der Waals surface area contributed by atoms with Crippen molar-refractivity contribution in [2.75, 3.05) is 0 Å². The summed E-state index contributed by atoms with van der Waals surface area (Å²) in [6.07, 6.45) is -0.818. The Morgan fingerprint density at radius 3 is 1.95 bits per heavy atom. The molecular formula is C17H18O2. The van der Waals surface area contributed by atoms with Crippen LogP contribution in [0.5, 0.6) is 0 Å². The first-order chi connectivity index (χ1) is 9.03. The van der Waals surface area contributed by atoms with Crippen LogP contribution in [0.25, 0.3) is 0 Å². The molecule has 98 valence electrons. The zero-order chi connectivity index (χ0) is 13.9. The lowest BCUT2D eigenvalue weighted by Crippen LogP contribution is -2.31. The molecule has 0 amide bonds. The van der Waals surface area contributed by atoms with Crippen molar-refractivity contribution in [3.63, 3.8) is 0 Å². The summed E-state index contributed by atoms with van der Waals surface area (Å²) in [7, 11) is 0. The average molecular weight is 254 g/mol. The van der Waals surface area contributed by atoms with Gasteiger partial charge in [-0.1, -0.05) is 60.7 Å². The smallest absolute Gasteiger partial charge is 0.171 e. The van der Waals surface area contributed by atoms with Crippen LogP contribution in [0.15, 0.2) is 60.7 Å². The molecule has 0 fully saturated rings.